The van der Waals surface area contributed by atoms with Gasteiger partial charge in [0.1, 0.15) is 5.75 Å². The van der Waals surface area contributed by atoms with Crippen molar-refractivity contribution in [2.75, 3.05) is 33.3 Å². The molecule has 8 heteroatoms. The van der Waals surface area contributed by atoms with Gasteiger partial charge in [-0.05, 0) is 47.2 Å². The first-order valence-corrected chi connectivity index (χ1v) is 14.7. The smallest absolute Gasteiger partial charge is 0.251 e. The first kappa shape index (κ1) is 29.2. The molecule has 2 bridgehead atoms. The summed E-state index contributed by atoms with van der Waals surface area (Å²) < 4.78 is 5.86. The van der Waals surface area contributed by atoms with Crippen molar-refractivity contribution in [2.45, 2.75) is 38.3 Å². The number of hydrogen-bond donors (Lipinski definition) is 1. The molecule has 2 heterocycles. The van der Waals surface area contributed by atoms with E-state index in [9.17, 15) is 9.59 Å². The molecule has 3 aromatic carbocycles. The second-order valence-corrected chi connectivity index (χ2v) is 11.6. The van der Waals surface area contributed by atoms with Crippen LogP contribution in [0.25, 0.3) is 5.57 Å². The van der Waals surface area contributed by atoms with E-state index in [-0.39, 0.29) is 23.9 Å². The maximum Gasteiger partial charge on any atom is 0.251 e. The minimum Gasteiger partial charge on any atom is -0.493 e. The SMILES string of the molecule is CC(=O)N1CC2CC(c3ccc(CCOc4ccc(Cl)c(Cl)c4)cc3)=C(C(=O)N(C)CCc3ccccc3)[C@@H](C1)N2. The minimum atomic E-state index is -0.202. The van der Waals surface area contributed by atoms with Gasteiger partial charge in [0, 0.05) is 57.7 Å². The Morgan fingerprint density at radius 2 is 1.68 bits per heavy atom. The fourth-order valence-electron chi connectivity index (χ4n) is 5.60. The van der Waals surface area contributed by atoms with Crippen LogP contribution in [0.3, 0.4) is 0 Å². The third-order valence-corrected chi connectivity index (χ3v) is 8.60. The number of nitrogens with zero attached hydrogens (tertiary/aromatic N) is 2. The van der Waals surface area contributed by atoms with Crippen LogP contribution in [0.15, 0.2) is 78.4 Å². The number of likely N-dealkylation sites (N-methyl/N-ethyl adjacent to an activating group) is 1. The summed E-state index contributed by atoms with van der Waals surface area (Å²) in [6.45, 7) is 3.86. The van der Waals surface area contributed by atoms with Crippen LogP contribution in [-0.4, -0.2) is 67.0 Å². The highest BCUT2D eigenvalue weighted by Gasteiger charge is 2.39. The Bertz CT molecular complexity index is 1430. The molecule has 0 spiro atoms. The van der Waals surface area contributed by atoms with Crippen molar-refractivity contribution in [1.29, 1.82) is 0 Å². The molecule has 0 aliphatic carbocycles. The second kappa shape index (κ2) is 13.1. The van der Waals surface area contributed by atoms with Gasteiger partial charge in [-0.3, -0.25) is 9.59 Å². The molecule has 1 fully saturated rings. The lowest BCUT2D eigenvalue weighted by molar-refractivity contribution is -0.132. The summed E-state index contributed by atoms with van der Waals surface area (Å²) in [6.07, 6.45) is 2.20. The van der Waals surface area contributed by atoms with Crippen LogP contribution in [-0.2, 0) is 22.4 Å². The monoisotopic (exact) mass is 591 g/mol. The molecular formula is C33H35Cl2N3O3. The number of carbonyl (C=O) groups excluding carboxylic acids is 2. The van der Waals surface area contributed by atoms with Crippen LogP contribution in [0, 0.1) is 0 Å². The van der Waals surface area contributed by atoms with Crippen LogP contribution in [0.4, 0.5) is 0 Å². The summed E-state index contributed by atoms with van der Waals surface area (Å²) in [5, 5.41) is 4.59. The number of hydrogen-bond acceptors (Lipinski definition) is 4. The number of piperazine rings is 1. The number of benzene rings is 3. The highest BCUT2D eigenvalue weighted by Crippen LogP contribution is 2.34. The number of nitrogens with one attached hydrogen (secondary N) is 1. The van der Waals surface area contributed by atoms with E-state index in [4.69, 9.17) is 27.9 Å². The van der Waals surface area contributed by atoms with Crippen molar-refractivity contribution in [1.82, 2.24) is 15.1 Å². The van der Waals surface area contributed by atoms with Gasteiger partial charge in [-0.2, -0.15) is 0 Å². The zero-order chi connectivity index (χ0) is 28.9. The summed E-state index contributed by atoms with van der Waals surface area (Å²) in [5.41, 5.74) is 5.21. The average Bonchev–Trinajstić information content (AvgIpc) is 2.98. The van der Waals surface area contributed by atoms with Gasteiger partial charge in [0.05, 0.1) is 22.7 Å². The molecule has 41 heavy (non-hydrogen) atoms. The fraction of sp³-hybridized carbons (Fsp3) is 0.333. The Kier molecular flexibility index (Phi) is 9.33. The standard InChI is InChI=1S/C33H35Cl2N3O3/c1-22(39)38-20-26-18-28(25-10-8-24(9-11-25)15-17-41-27-12-13-29(34)30(35)19-27)32(31(21-38)36-26)33(40)37(2)16-14-23-6-4-3-5-7-23/h3-13,19,26,31,36H,14-18,20-21H2,1-2H3/t26?,31-/m1/s1. The fourth-order valence-corrected chi connectivity index (χ4v) is 5.89. The van der Waals surface area contributed by atoms with Crippen LogP contribution in [0.1, 0.15) is 30.0 Å². The van der Waals surface area contributed by atoms with Gasteiger partial charge >= 0.3 is 0 Å². The summed E-state index contributed by atoms with van der Waals surface area (Å²) in [4.78, 5) is 29.9. The minimum absolute atomic E-state index is 0.0105. The molecule has 0 saturated carbocycles. The van der Waals surface area contributed by atoms with E-state index >= 15 is 0 Å². The molecule has 1 saturated heterocycles. The molecular weight excluding hydrogens is 557 g/mol. The van der Waals surface area contributed by atoms with Gasteiger partial charge in [-0.15, -0.1) is 0 Å². The van der Waals surface area contributed by atoms with E-state index in [0.29, 0.717) is 48.5 Å². The molecule has 2 amide bonds. The predicted molar refractivity (Wildman–Crippen MR) is 164 cm³/mol. The zero-order valence-electron chi connectivity index (χ0n) is 23.4. The van der Waals surface area contributed by atoms with E-state index in [1.165, 1.54) is 5.56 Å². The van der Waals surface area contributed by atoms with Crippen molar-refractivity contribution in [2.24, 2.45) is 0 Å². The van der Waals surface area contributed by atoms with Crippen molar-refractivity contribution < 1.29 is 14.3 Å². The highest BCUT2D eigenvalue weighted by atomic mass is 35.5. The van der Waals surface area contributed by atoms with Gasteiger partial charge < -0.3 is 19.9 Å². The quantitative estimate of drug-likeness (QED) is 0.349. The molecule has 2 aliphatic rings. The molecule has 1 unspecified atom stereocenters. The van der Waals surface area contributed by atoms with Crippen molar-refractivity contribution in [3.8, 4) is 5.75 Å². The van der Waals surface area contributed by atoms with E-state index in [0.717, 1.165) is 35.1 Å². The number of amides is 2. The molecule has 1 N–H and O–H groups in total. The molecule has 0 radical (unpaired) electrons. The maximum atomic E-state index is 14.0. The Balaban J connectivity index is 1.33. The molecule has 2 atom stereocenters. The predicted octanol–water partition coefficient (Wildman–Crippen LogP) is 5.66. The summed E-state index contributed by atoms with van der Waals surface area (Å²) in [6, 6.07) is 23.8. The number of ether oxygens (including phenoxy) is 1. The van der Waals surface area contributed by atoms with E-state index < -0.39 is 0 Å². The first-order valence-electron chi connectivity index (χ1n) is 14.0. The zero-order valence-corrected chi connectivity index (χ0v) is 24.9. The summed E-state index contributed by atoms with van der Waals surface area (Å²) >= 11 is 12.1. The topological polar surface area (TPSA) is 61.9 Å². The normalized spacial score (nSPS) is 18.3. The lowest BCUT2D eigenvalue weighted by Crippen LogP contribution is -2.61. The Morgan fingerprint density at radius 3 is 2.39 bits per heavy atom. The van der Waals surface area contributed by atoms with Crippen molar-refractivity contribution >= 4 is 40.6 Å². The Labute approximate surface area is 251 Å². The maximum absolute atomic E-state index is 14.0. The Hall–Kier alpha value is -3.32. The molecule has 3 aromatic rings. The highest BCUT2D eigenvalue weighted by molar-refractivity contribution is 6.42. The molecule has 214 valence electrons. The van der Waals surface area contributed by atoms with Crippen LogP contribution in [0.5, 0.6) is 5.75 Å². The van der Waals surface area contributed by atoms with Crippen molar-refractivity contribution in [3.05, 3.63) is 105 Å². The number of rotatable bonds is 9. The van der Waals surface area contributed by atoms with Gasteiger partial charge in [0.25, 0.3) is 5.91 Å². The average molecular weight is 593 g/mol. The second-order valence-electron chi connectivity index (χ2n) is 10.8. The molecule has 6 nitrogen and oxygen atoms in total. The van der Waals surface area contributed by atoms with Gasteiger partial charge in [0.2, 0.25) is 5.91 Å². The van der Waals surface area contributed by atoms with E-state index in [2.05, 4.69) is 41.7 Å². The van der Waals surface area contributed by atoms with Gasteiger partial charge in [-0.1, -0.05) is 77.8 Å². The van der Waals surface area contributed by atoms with Gasteiger partial charge in [0.15, 0.2) is 0 Å². The Morgan fingerprint density at radius 1 is 0.951 bits per heavy atom. The van der Waals surface area contributed by atoms with E-state index in [1.54, 1.807) is 25.1 Å². The van der Waals surface area contributed by atoms with E-state index in [1.807, 2.05) is 35.0 Å². The third kappa shape index (κ3) is 7.13. The first-order chi connectivity index (χ1) is 19.8. The molecule has 2 aliphatic heterocycles. The lowest BCUT2D eigenvalue weighted by Gasteiger charge is -2.44. The lowest BCUT2D eigenvalue weighted by atomic mass is 9.82. The molecule has 5 rings (SSSR count). The summed E-state index contributed by atoms with van der Waals surface area (Å²) in [7, 11) is 1.87. The van der Waals surface area contributed by atoms with Gasteiger partial charge in [-0.25, -0.2) is 0 Å². The number of carbonyl (C=O) groups is 2. The third-order valence-electron chi connectivity index (χ3n) is 7.86. The molecule has 0 aromatic heterocycles. The number of fused-ring (bicyclic) bond motifs is 2. The van der Waals surface area contributed by atoms with Crippen molar-refractivity contribution in [3.63, 3.8) is 0 Å². The van der Waals surface area contributed by atoms with Crippen LogP contribution < -0.4 is 10.1 Å². The largest absolute Gasteiger partial charge is 0.493 e. The van der Waals surface area contributed by atoms with Crippen LogP contribution >= 0.6 is 23.2 Å². The summed E-state index contributed by atoms with van der Waals surface area (Å²) in [5.74, 6) is 0.736. The number of halogens is 2. The van der Waals surface area contributed by atoms with Crippen LogP contribution in [0.2, 0.25) is 10.0 Å².